The Bertz CT molecular complexity index is 1250. The fourth-order valence-corrected chi connectivity index (χ4v) is 4.01. The van der Waals surface area contributed by atoms with Gasteiger partial charge in [-0.2, -0.15) is 0 Å². The van der Waals surface area contributed by atoms with Crippen molar-refractivity contribution in [3.63, 3.8) is 0 Å². The Morgan fingerprint density at radius 2 is 1.14 bits per heavy atom. The minimum atomic E-state index is -0.531. The van der Waals surface area contributed by atoms with Gasteiger partial charge in [0.1, 0.15) is 0 Å². The van der Waals surface area contributed by atoms with Crippen LogP contribution in [0.15, 0.2) is 73.1 Å². The van der Waals surface area contributed by atoms with Crippen LogP contribution in [0.5, 0.6) is 0 Å². The molecule has 4 rings (SSSR count). The van der Waals surface area contributed by atoms with Gasteiger partial charge in [0.2, 0.25) is 0 Å². The first-order valence-electron chi connectivity index (χ1n) is 11.2. The number of ether oxygens (including phenoxy) is 1. The summed E-state index contributed by atoms with van der Waals surface area (Å²) in [6.45, 7) is 4.00. The predicted octanol–water partition coefficient (Wildman–Crippen LogP) is 5.49. The van der Waals surface area contributed by atoms with E-state index in [4.69, 9.17) is 4.74 Å². The Labute approximate surface area is 200 Å². The van der Waals surface area contributed by atoms with E-state index < -0.39 is 9.85 Å². The number of hydrogen-bond acceptors (Lipinski definition) is 7. The molecule has 2 unspecified atom stereocenters. The molecule has 11 heteroatoms. The van der Waals surface area contributed by atoms with Gasteiger partial charge in [-0.25, -0.2) is 0 Å². The van der Waals surface area contributed by atoms with E-state index in [0.29, 0.717) is 24.2 Å². The van der Waals surface area contributed by atoms with Crippen LogP contribution in [0, 0.1) is 20.2 Å². The summed E-state index contributed by atoms with van der Waals surface area (Å²) in [7, 11) is 0. The summed E-state index contributed by atoms with van der Waals surface area (Å²) < 4.78 is 9.57. The van der Waals surface area contributed by atoms with Crippen molar-refractivity contribution >= 4 is 11.6 Å². The summed E-state index contributed by atoms with van der Waals surface area (Å²) in [5.74, 6) is -0.468. The molecule has 0 spiro atoms. The maximum absolute atomic E-state index is 11.1. The lowest BCUT2D eigenvalue weighted by molar-refractivity contribution is -0.389. The number of para-hydroxylation sites is 2. The van der Waals surface area contributed by atoms with Crippen LogP contribution in [0.3, 0.4) is 0 Å². The number of benzene rings is 2. The van der Waals surface area contributed by atoms with Gasteiger partial charge in [0.25, 0.3) is 0 Å². The molecule has 11 nitrogen and oxygen atoms in total. The third kappa shape index (κ3) is 4.94. The lowest BCUT2D eigenvalue weighted by Gasteiger charge is -2.26. The average Bonchev–Trinajstić information content (AvgIpc) is 3.56. The van der Waals surface area contributed by atoms with Gasteiger partial charge in [-0.1, -0.05) is 50.2 Å². The molecule has 2 heterocycles. The Morgan fingerprint density at radius 3 is 1.49 bits per heavy atom. The molecule has 4 aromatic rings. The van der Waals surface area contributed by atoms with E-state index in [-0.39, 0.29) is 23.8 Å². The average molecular weight is 476 g/mol. The van der Waals surface area contributed by atoms with Crippen LogP contribution >= 0.6 is 0 Å². The summed E-state index contributed by atoms with van der Waals surface area (Å²) >= 11 is 0. The molecule has 0 saturated carbocycles. The summed E-state index contributed by atoms with van der Waals surface area (Å²) in [6.07, 6.45) is 3.74. The van der Waals surface area contributed by atoms with Gasteiger partial charge in [0, 0.05) is 11.1 Å². The molecular formula is C24H24N6O5. The number of aromatic nitrogens is 4. The maximum atomic E-state index is 11.1. The van der Waals surface area contributed by atoms with Gasteiger partial charge in [-0.05, 0) is 34.8 Å². The van der Waals surface area contributed by atoms with Crippen molar-refractivity contribution in [2.24, 2.45) is 0 Å². The molecule has 0 amide bonds. The summed E-state index contributed by atoms with van der Waals surface area (Å²) in [6, 6.07) is 17.7. The van der Waals surface area contributed by atoms with E-state index in [1.54, 1.807) is 12.4 Å². The zero-order chi connectivity index (χ0) is 24.9. The normalized spacial score (nSPS) is 12.9. The molecule has 0 aliphatic carbocycles. The summed E-state index contributed by atoms with van der Waals surface area (Å²) in [5.41, 5.74) is 3.08. The number of nitro groups is 2. The second kappa shape index (κ2) is 10.3. The molecule has 35 heavy (non-hydrogen) atoms. The van der Waals surface area contributed by atoms with Crippen LogP contribution in [0.4, 0.5) is 11.6 Å². The first kappa shape index (κ1) is 23.8. The number of hydrogen-bond donors (Lipinski definition) is 0. The van der Waals surface area contributed by atoms with E-state index in [0.717, 1.165) is 11.1 Å². The van der Waals surface area contributed by atoms with Crippen LogP contribution in [-0.2, 0) is 4.74 Å². The van der Waals surface area contributed by atoms with Gasteiger partial charge in [0.15, 0.2) is 0 Å². The monoisotopic (exact) mass is 476 g/mol. The van der Waals surface area contributed by atoms with Crippen molar-refractivity contribution in [1.29, 1.82) is 0 Å². The highest BCUT2D eigenvalue weighted by molar-refractivity contribution is 5.44. The number of rotatable bonds is 10. The van der Waals surface area contributed by atoms with E-state index in [2.05, 4.69) is 10.2 Å². The van der Waals surface area contributed by atoms with Crippen LogP contribution in [0.25, 0.3) is 11.4 Å². The van der Waals surface area contributed by atoms with E-state index >= 15 is 0 Å². The zero-order valence-electron chi connectivity index (χ0n) is 19.2. The molecule has 180 valence electrons. The fourth-order valence-electron chi connectivity index (χ4n) is 4.01. The maximum Gasteiger partial charge on any atom is 0.390 e. The van der Waals surface area contributed by atoms with Gasteiger partial charge in [-0.3, -0.25) is 0 Å². The molecule has 0 N–H and O–H groups in total. The highest BCUT2D eigenvalue weighted by Gasteiger charge is 2.25. The predicted molar refractivity (Wildman–Crippen MR) is 128 cm³/mol. The quantitative estimate of drug-likeness (QED) is 0.218. The third-order valence-corrected chi connectivity index (χ3v) is 5.66. The minimum Gasteiger partial charge on any atom is -0.365 e. The molecular weight excluding hydrogens is 452 g/mol. The second-order valence-corrected chi connectivity index (χ2v) is 7.80. The van der Waals surface area contributed by atoms with Crippen molar-refractivity contribution in [2.45, 2.75) is 38.9 Å². The molecule has 2 atom stereocenters. The van der Waals surface area contributed by atoms with Crippen LogP contribution < -0.4 is 0 Å². The fraction of sp³-hybridized carbons (Fsp3) is 0.250. The van der Waals surface area contributed by atoms with Crippen molar-refractivity contribution in [3.05, 3.63) is 104 Å². The SMILES string of the molecule is CCC(OC(CC)c1ccccc1-n1ccc([N+](=O)[O-])n1)c1ccccc1-n1ccc([N+](=O)[O-])n1. The lowest BCUT2D eigenvalue weighted by Crippen LogP contribution is -2.14. The topological polar surface area (TPSA) is 131 Å². The highest BCUT2D eigenvalue weighted by Crippen LogP contribution is 2.36. The Morgan fingerprint density at radius 1 is 0.743 bits per heavy atom. The van der Waals surface area contributed by atoms with Gasteiger partial charge >= 0.3 is 11.6 Å². The molecule has 0 radical (unpaired) electrons. The second-order valence-electron chi connectivity index (χ2n) is 7.80. The third-order valence-electron chi connectivity index (χ3n) is 5.66. The number of nitrogens with zero attached hydrogens (tertiary/aromatic N) is 6. The Hall–Kier alpha value is -4.38. The van der Waals surface area contributed by atoms with Gasteiger partial charge < -0.3 is 25.0 Å². The lowest BCUT2D eigenvalue weighted by atomic mass is 10.0. The zero-order valence-corrected chi connectivity index (χ0v) is 19.2. The van der Waals surface area contributed by atoms with Crippen molar-refractivity contribution in [1.82, 2.24) is 19.6 Å². The first-order chi connectivity index (χ1) is 16.9. The molecule has 0 fully saturated rings. The smallest absolute Gasteiger partial charge is 0.365 e. The van der Waals surface area contributed by atoms with E-state index in [9.17, 15) is 20.2 Å². The van der Waals surface area contributed by atoms with Gasteiger partial charge in [0.05, 0.1) is 58.3 Å². The highest BCUT2D eigenvalue weighted by atomic mass is 16.6. The minimum absolute atomic E-state index is 0.234. The molecule has 0 bridgehead atoms. The van der Waals surface area contributed by atoms with Crippen LogP contribution in [0.2, 0.25) is 0 Å². The summed E-state index contributed by atoms with van der Waals surface area (Å²) in [4.78, 5) is 21.2. The first-order valence-corrected chi connectivity index (χ1v) is 11.2. The van der Waals surface area contributed by atoms with Gasteiger partial charge in [-0.15, -0.1) is 9.36 Å². The molecule has 0 saturated heterocycles. The van der Waals surface area contributed by atoms with Crippen molar-refractivity contribution in [2.75, 3.05) is 0 Å². The molecule has 0 aliphatic rings. The Balaban J connectivity index is 1.68. The van der Waals surface area contributed by atoms with E-state index in [1.807, 2.05) is 62.4 Å². The molecule has 0 aliphatic heterocycles. The Kier molecular flexibility index (Phi) is 6.97. The summed E-state index contributed by atoms with van der Waals surface area (Å²) in [5, 5.41) is 30.4. The van der Waals surface area contributed by atoms with Crippen LogP contribution in [0.1, 0.15) is 50.0 Å². The van der Waals surface area contributed by atoms with Crippen molar-refractivity contribution < 1.29 is 14.6 Å². The largest absolute Gasteiger partial charge is 0.390 e. The van der Waals surface area contributed by atoms with E-state index in [1.165, 1.54) is 21.5 Å². The molecule has 2 aromatic heterocycles. The standard InChI is InChI=1S/C24H24N6O5/c1-3-21(17-9-5-7-11-19(17)27-15-13-23(25-27)29(31)32)35-22(4-2)18-10-6-8-12-20(18)28-16-14-24(26-28)30(33)34/h5-16,21-22H,3-4H2,1-2H3. The van der Waals surface area contributed by atoms with Crippen LogP contribution in [-0.4, -0.2) is 29.4 Å². The van der Waals surface area contributed by atoms with Crippen molar-refractivity contribution in [3.8, 4) is 11.4 Å². The molecule has 2 aromatic carbocycles.